The van der Waals surface area contributed by atoms with E-state index in [-0.39, 0.29) is 5.91 Å². The summed E-state index contributed by atoms with van der Waals surface area (Å²) in [6.07, 6.45) is 1.78. The van der Waals surface area contributed by atoms with Gasteiger partial charge in [0, 0.05) is 12.6 Å². The topological polar surface area (TPSA) is 50.8 Å². The van der Waals surface area contributed by atoms with Crippen LogP contribution in [0.3, 0.4) is 0 Å². The first-order valence-corrected chi connectivity index (χ1v) is 8.98. The maximum atomic E-state index is 12.2. The Bertz CT molecular complexity index is 917. The quantitative estimate of drug-likeness (QED) is 0.633. The van der Waals surface area contributed by atoms with E-state index in [9.17, 15) is 4.79 Å². The molecule has 0 atom stereocenters. The van der Waals surface area contributed by atoms with E-state index in [4.69, 9.17) is 21.7 Å². The van der Waals surface area contributed by atoms with Crippen molar-refractivity contribution in [3.8, 4) is 11.5 Å². The van der Waals surface area contributed by atoms with Gasteiger partial charge in [-0.3, -0.25) is 9.69 Å². The summed E-state index contributed by atoms with van der Waals surface area (Å²) in [7, 11) is 3.28. The van der Waals surface area contributed by atoms with Crippen molar-refractivity contribution in [1.29, 1.82) is 0 Å². The molecule has 1 N–H and O–H groups in total. The standard InChI is InChI=1S/C21H22N2O3S/c1-13-6-5-7-14(2)19(13)26-12-16-10-15(8-9-18(16)25-4)11-17-20(24)23(3)21(27)22-17/h5-11H,12H2,1-4H3,(H,22,27)/b17-11+. The van der Waals surface area contributed by atoms with E-state index in [1.54, 1.807) is 20.2 Å². The van der Waals surface area contributed by atoms with Crippen LogP contribution in [0.15, 0.2) is 42.1 Å². The molecule has 0 aromatic heterocycles. The number of ether oxygens (including phenoxy) is 2. The molecule has 1 heterocycles. The van der Waals surface area contributed by atoms with Gasteiger partial charge in [-0.15, -0.1) is 0 Å². The molecule has 0 radical (unpaired) electrons. The molecule has 1 aliphatic heterocycles. The molecule has 0 bridgehead atoms. The molecule has 0 unspecified atom stereocenters. The number of aryl methyl sites for hydroxylation is 2. The fourth-order valence-electron chi connectivity index (χ4n) is 2.97. The minimum atomic E-state index is -0.149. The van der Waals surface area contributed by atoms with Crippen LogP contribution in [0, 0.1) is 13.8 Å². The number of thiocarbonyl (C=S) groups is 1. The zero-order chi connectivity index (χ0) is 19.6. The van der Waals surface area contributed by atoms with Crippen molar-refractivity contribution in [1.82, 2.24) is 10.2 Å². The lowest BCUT2D eigenvalue weighted by molar-refractivity contribution is -0.121. The molecule has 1 aliphatic rings. The van der Waals surface area contributed by atoms with Crippen LogP contribution in [0.1, 0.15) is 22.3 Å². The van der Waals surface area contributed by atoms with Gasteiger partial charge in [-0.05, 0) is 61.0 Å². The van der Waals surface area contributed by atoms with Crippen molar-refractivity contribution < 1.29 is 14.3 Å². The zero-order valence-corrected chi connectivity index (χ0v) is 16.6. The fraction of sp³-hybridized carbons (Fsp3) is 0.238. The van der Waals surface area contributed by atoms with Gasteiger partial charge < -0.3 is 14.8 Å². The number of carbonyl (C=O) groups is 1. The third kappa shape index (κ3) is 3.95. The third-order valence-electron chi connectivity index (χ3n) is 4.48. The molecular formula is C21H22N2O3S. The lowest BCUT2D eigenvalue weighted by atomic mass is 10.1. The summed E-state index contributed by atoms with van der Waals surface area (Å²) in [5.74, 6) is 1.47. The lowest BCUT2D eigenvalue weighted by Crippen LogP contribution is -2.25. The summed E-state index contributed by atoms with van der Waals surface area (Å²) in [4.78, 5) is 13.6. The number of nitrogens with one attached hydrogen (secondary N) is 1. The van der Waals surface area contributed by atoms with Crippen LogP contribution in [-0.2, 0) is 11.4 Å². The Labute approximate surface area is 164 Å². The Kier molecular flexibility index (Phi) is 5.46. The molecule has 0 aliphatic carbocycles. The molecule has 5 nitrogen and oxygen atoms in total. The van der Waals surface area contributed by atoms with Crippen molar-refractivity contribution in [3.05, 3.63) is 64.3 Å². The first-order valence-electron chi connectivity index (χ1n) is 8.57. The number of likely N-dealkylation sites (N-methyl/N-ethyl adjacent to an activating group) is 1. The second-order valence-corrected chi connectivity index (χ2v) is 6.82. The average molecular weight is 382 g/mol. The summed E-state index contributed by atoms with van der Waals surface area (Å²) >= 11 is 5.11. The Morgan fingerprint density at radius 2 is 1.89 bits per heavy atom. The maximum Gasteiger partial charge on any atom is 0.276 e. The highest BCUT2D eigenvalue weighted by Gasteiger charge is 2.26. The normalized spacial score (nSPS) is 15.3. The van der Waals surface area contributed by atoms with Crippen LogP contribution < -0.4 is 14.8 Å². The highest BCUT2D eigenvalue weighted by molar-refractivity contribution is 7.80. The second-order valence-electron chi connectivity index (χ2n) is 6.43. The Balaban J connectivity index is 1.86. The number of benzene rings is 2. The predicted octanol–water partition coefficient (Wildman–Crippen LogP) is 3.58. The largest absolute Gasteiger partial charge is 0.496 e. The Morgan fingerprint density at radius 3 is 2.48 bits per heavy atom. The third-order valence-corrected chi connectivity index (χ3v) is 4.85. The van der Waals surface area contributed by atoms with Gasteiger partial charge in [-0.2, -0.15) is 0 Å². The molecule has 1 fully saturated rings. The van der Waals surface area contributed by atoms with E-state index in [1.807, 2.05) is 50.2 Å². The lowest BCUT2D eigenvalue weighted by Gasteiger charge is -2.14. The predicted molar refractivity (Wildman–Crippen MR) is 110 cm³/mol. The molecule has 0 spiro atoms. The SMILES string of the molecule is COc1ccc(/C=C2/NC(=S)N(C)C2=O)cc1COc1c(C)cccc1C. The molecule has 3 rings (SSSR count). The second kappa shape index (κ2) is 7.80. The van der Waals surface area contributed by atoms with E-state index < -0.39 is 0 Å². The number of hydrogen-bond acceptors (Lipinski definition) is 4. The molecule has 140 valence electrons. The summed E-state index contributed by atoms with van der Waals surface area (Å²) in [6.45, 7) is 4.42. The number of carbonyl (C=O) groups excluding carboxylic acids is 1. The van der Waals surface area contributed by atoms with Gasteiger partial charge >= 0.3 is 0 Å². The van der Waals surface area contributed by atoms with Gasteiger partial charge in [0.2, 0.25) is 0 Å². The van der Waals surface area contributed by atoms with E-state index in [0.29, 0.717) is 17.4 Å². The minimum absolute atomic E-state index is 0.149. The van der Waals surface area contributed by atoms with Crippen molar-refractivity contribution >= 4 is 29.3 Å². The van der Waals surface area contributed by atoms with Gasteiger partial charge in [0.1, 0.15) is 23.8 Å². The van der Waals surface area contributed by atoms with Crippen LogP contribution in [0.4, 0.5) is 0 Å². The van der Waals surface area contributed by atoms with Crippen molar-refractivity contribution in [2.75, 3.05) is 14.2 Å². The summed E-state index contributed by atoms with van der Waals surface area (Å²) in [6, 6.07) is 11.8. The number of nitrogens with zero attached hydrogens (tertiary/aromatic N) is 1. The Hall–Kier alpha value is -2.86. The molecule has 1 saturated heterocycles. The highest BCUT2D eigenvalue weighted by atomic mass is 32.1. The van der Waals surface area contributed by atoms with Crippen LogP contribution in [0.2, 0.25) is 0 Å². The number of hydrogen-bond donors (Lipinski definition) is 1. The number of methoxy groups -OCH3 is 1. The van der Waals surface area contributed by atoms with Crippen molar-refractivity contribution in [3.63, 3.8) is 0 Å². The monoisotopic (exact) mass is 382 g/mol. The van der Waals surface area contributed by atoms with Gasteiger partial charge in [-0.1, -0.05) is 24.3 Å². The van der Waals surface area contributed by atoms with Crippen molar-refractivity contribution in [2.24, 2.45) is 0 Å². The smallest absolute Gasteiger partial charge is 0.276 e. The van der Waals surface area contributed by atoms with E-state index >= 15 is 0 Å². The van der Waals surface area contributed by atoms with Crippen molar-refractivity contribution in [2.45, 2.75) is 20.5 Å². The molecule has 0 saturated carbocycles. The average Bonchev–Trinajstić information content (AvgIpc) is 2.88. The van der Waals surface area contributed by atoms with Gasteiger partial charge in [0.15, 0.2) is 5.11 Å². The number of rotatable bonds is 5. The molecular weight excluding hydrogens is 360 g/mol. The fourth-order valence-corrected chi connectivity index (χ4v) is 3.16. The Morgan fingerprint density at radius 1 is 1.19 bits per heavy atom. The van der Waals surface area contributed by atoms with Gasteiger partial charge in [0.05, 0.1) is 7.11 Å². The first-order chi connectivity index (χ1) is 12.9. The zero-order valence-electron chi connectivity index (χ0n) is 15.8. The van der Waals surface area contributed by atoms with Gasteiger partial charge in [-0.25, -0.2) is 0 Å². The molecule has 6 heteroatoms. The van der Waals surface area contributed by atoms with Crippen LogP contribution in [0.5, 0.6) is 11.5 Å². The highest BCUT2D eigenvalue weighted by Crippen LogP contribution is 2.27. The van der Waals surface area contributed by atoms with E-state index in [0.717, 1.165) is 33.8 Å². The molecule has 2 aromatic carbocycles. The summed E-state index contributed by atoms with van der Waals surface area (Å²) < 4.78 is 11.5. The minimum Gasteiger partial charge on any atom is -0.496 e. The maximum absolute atomic E-state index is 12.2. The number of para-hydroxylation sites is 1. The molecule has 2 aromatic rings. The molecule has 27 heavy (non-hydrogen) atoms. The number of amides is 1. The first kappa shape index (κ1) is 18.9. The van der Waals surface area contributed by atoms with E-state index in [1.165, 1.54) is 4.90 Å². The van der Waals surface area contributed by atoms with Crippen LogP contribution >= 0.6 is 12.2 Å². The van der Waals surface area contributed by atoms with Gasteiger partial charge in [0.25, 0.3) is 5.91 Å². The van der Waals surface area contributed by atoms with Crippen LogP contribution in [-0.4, -0.2) is 30.1 Å². The summed E-state index contributed by atoms with van der Waals surface area (Å²) in [5, 5.41) is 3.33. The molecule has 1 amide bonds. The van der Waals surface area contributed by atoms with Crippen LogP contribution in [0.25, 0.3) is 6.08 Å². The van der Waals surface area contributed by atoms with E-state index in [2.05, 4.69) is 5.32 Å². The summed E-state index contributed by atoms with van der Waals surface area (Å²) in [5.41, 5.74) is 4.39.